The summed E-state index contributed by atoms with van der Waals surface area (Å²) in [4.78, 5) is 2.72. The minimum atomic E-state index is 0.234. The van der Waals surface area contributed by atoms with E-state index in [1.54, 1.807) is 0 Å². The maximum atomic E-state index is 6.04. The molecule has 18 heavy (non-hydrogen) atoms. The van der Waals surface area contributed by atoms with E-state index in [1.807, 2.05) is 0 Å². The lowest BCUT2D eigenvalue weighted by atomic mass is 9.86. The third kappa shape index (κ3) is 3.46. The summed E-state index contributed by atoms with van der Waals surface area (Å²) >= 11 is 0. The van der Waals surface area contributed by atoms with Gasteiger partial charge < -0.3 is 10.5 Å². The lowest BCUT2D eigenvalue weighted by Crippen LogP contribution is -2.47. The van der Waals surface area contributed by atoms with Gasteiger partial charge in [0.2, 0.25) is 0 Å². The molecule has 1 saturated heterocycles. The van der Waals surface area contributed by atoms with E-state index in [9.17, 15) is 0 Å². The molecule has 0 aromatic heterocycles. The molecule has 0 aromatic rings. The Morgan fingerprint density at radius 2 is 2.06 bits per heavy atom. The molecule has 1 atom stereocenters. The monoisotopic (exact) mass is 254 g/mol. The lowest BCUT2D eigenvalue weighted by Gasteiger charge is -2.38. The van der Waals surface area contributed by atoms with Gasteiger partial charge in [0.25, 0.3) is 0 Å². The van der Waals surface area contributed by atoms with Crippen LogP contribution < -0.4 is 5.73 Å². The van der Waals surface area contributed by atoms with E-state index in [-0.39, 0.29) is 5.41 Å². The van der Waals surface area contributed by atoms with Gasteiger partial charge in [0, 0.05) is 37.7 Å². The molecule has 0 bridgehead atoms. The minimum Gasteiger partial charge on any atom is -0.381 e. The van der Waals surface area contributed by atoms with Gasteiger partial charge in [-0.3, -0.25) is 4.90 Å². The summed E-state index contributed by atoms with van der Waals surface area (Å²) in [7, 11) is 0. The Morgan fingerprint density at radius 1 is 1.33 bits per heavy atom. The molecule has 2 N–H and O–H groups in total. The Balaban J connectivity index is 1.98. The first-order chi connectivity index (χ1) is 8.65. The summed E-state index contributed by atoms with van der Waals surface area (Å²) in [5.41, 5.74) is 6.27. The van der Waals surface area contributed by atoms with Crippen LogP contribution in [0.25, 0.3) is 0 Å². The first-order valence-corrected chi connectivity index (χ1v) is 7.67. The molecule has 0 aromatic carbocycles. The quantitative estimate of drug-likeness (QED) is 0.790. The molecule has 0 amide bonds. The van der Waals surface area contributed by atoms with Crippen LogP contribution in [-0.4, -0.2) is 43.8 Å². The number of nitrogens with zero attached hydrogens (tertiary/aromatic N) is 1. The molecule has 1 aliphatic heterocycles. The number of hydrogen-bond donors (Lipinski definition) is 1. The van der Waals surface area contributed by atoms with E-state index in [1.165, 1.54) is 32.2 Å². The van der Waals surface area contributed by atoms with Gasteiger partial charge in [-0.05, 0) is 25.2 Å². The fourth-order valence-electron chi connectivity index (χ4n) is 3.51. The van der Waals surface area contributed by atoms with Crippen LogP contribution in [0.3, 0.4) is 0 Å². The fraction of sp³-hybridized carbons (Fsp3) is 1.00. The highest BCUT2D eigenvalue weighted by atomic mass is 16.5. The first kappa shape index (κ1) is 14.3. The molecule has 2 fully saturated rings. The average Bonchev–Trinajstić information content (AvgIpc) is 2.99. The van der Waals surface area contributed by atoms with Crippen molar-refractivity contribution < 1.29 is 4.74 Å². The Kier molecular flexibility index (Phi) is 5.05. The SMILES string of the molecule is CC(C)CN(CC1(CN)CCOC1)C1CCCC1. The van der Waals surface area contributed by atoms with Gasteiger partial charge in [-0.2, -0.15) is 0 Å². The van der Waals surface area contributed by atoms with Crippen LogP contribution in [0.1, 0.15) is 46.0 Å². The first-order valence-electron chi connectivity index (χ1n) is 7.67. The number of nitrogens with two attached hydrogens (primary N) is 1. The lowest BCUT2D eigenvalue weighted by molar-refractivity contribution is 0.0830. The van der Waals surface area contributed by atoms with E-state index in [4.69, 9.17) is 10.5 Å². The Hall–Kier alpha value is -0.120. The Morgan fingerprint density at radius 3 is 2.56 bits per heavy atom. The van der Waals surface area contributed by atoms with Crippen LogP contribution in [0, 0.1) is 11.3 Å². The molecular weight excluding hydrogens is 224 g/mol. The maximum absolute atomic E-state index is 6.04. The predicted octanol–water partition coefficient (Wildman–Crippen LogP) is 2.25. The molecule has 3 nitrogen and oxygen atoms in total. The number of rotatable bonds is 6. The van der Waals surface area contributed by atoms with Gasteiger partial charge in [-0.25, -0.2) is 0 Å². The molecule has 1 unspecified atom stereocenters. The normalized spacial score (nSPS) is 29.8. The van der Waals surface area contributed by atoms with E-state index < -0.39 is 0 Å². The predicted molar refractivity (Wildman–Crippen MR) is 75.6 cm³/mol. The van der Waals surface area contributed by atoms with E-state index in [0.717, 1.165) is 44.7 Å². The van der Waals surface area contributed by atoms with Crippen LogP contribution in [0.4, 0.5) is 0 Å². The van der Waals surface area contributed by atoms with Crippen molar-refractivity contribution in [1.82, 2.24) is 4.90 Å². The van der Waals surface area contributed by atoms with Crippen LogP contribution in [0.2, 0.25) is 0 Å². The van der Waals surface area contributed by atoms with Crippen molar-refractivity contribution in [3.63, 3.8) is 0 Å². The Labute approximate surface area is 112 Å². The second-order valence-electron chi connectivity index (χ2n) is 6.77. The zero-order valence-corrected chi connectivity index (χ0v) is 12.2. The van der Waals surface area contributed by atoms with Crippen LogP contribution >= 0.6 is 0 Å². The number of ether oxygens (including phenoxy) is 1. The topological polar surface area (TPSA) is 38.5 Å². The van der Waals surface area contributed by atoms with Gasteiger partial charge in [-0.1, -0.05) is 26.7 Å². The highest BCUT2D eigenvalue weighted by Crippen LogP contribution is 2.32. The van der Waals surface area contributed by atoms with Gasteiger partial charge in [0.05, 0.1) is 6.61 Å². The third-order valence-electron chi connectivity index (χ3n) is 4.60. The summed E-state index contributed by atoms with van der Waals surface area (Å²) in [6.07, 6.45) is 6.73. The third-order valence-corrected chi connectivity index (χ3v) is 4.60. The maximum Gasteiger partial charge on any atom is 0.0547 e. The van der Waals surface area contributed by atoms with E-state index in [0.29, 0.717) is 0 Å². The smallest absolute Gasteiger partial charge is 0.0547 e. The Bertz CT molecular complexity index is 243. The highest BCUT2D eigenvalue weighted by Gasteiger charge is 2.37. The van der Waals surface area contributed by atoms with Crippen LogP contribution in [0.15, 0.2) is 0 Å². The molecule has 1 aliphatic carbocycles. The van der Waals surface area contributed by atoms with E-state index >= 15 is 0 Å². The molecule has 0 spiro atoms. The summed E-state index contributed by atoms with van der Waals surface area (Å²) in [6, 6.07) is 0.802. The molecule has 2 rings (SSSR count). The standard InChI is InChI=1S/C15H30N2O/c1-13(2)9-17(14-5-3-4-6-14)11-15(10-16)7-8-18-12-15/h13-14H,3-12,16H2,1-2H3. The van der Waals surface area contributed by atoms with Gasteiger partial charge >= 0.3 is 0 Å². The van der Waals surface area contributed by atoms with Crippen molar-refractivity contribution in [1.29, 1.82) is 0 Å². The second kappa shape index (κ2) is 6.36. The highest BCUT2D eigenvalue weighted by molar-refractivity contribution is 4.90. The fourth-order valence-corrected chi connectivity index (χ4v) is 3.51. The summed E-state index contributed by atoms with van der Waals surface area (Å²) in [5, 5.41) is 0. The van der Waals surface area contributed by atoms with Gasteiger partial charge in [0.1, 0.15) is 0 Å². The second-order valence-corrected chi connectivity index (χ2v) is 6.77. The summed E-state index contributed by atoms with van der Waals surface area (Å²) < 4.78 is 5.61. The minimum absolute atomic E-state index is 0.234. The van der Waals surface area contributed by atoms with Crippen LogP contribution in [0.5, 0.6) is 0 Å². The van der Waals surface area contributed by atoms with Crippen molar-refractivity contribution in [2.45, 2.75) is 52.0 Å². The molecule has 3 heteroatoms. The molecule has 1 heterocycles. The van der Waals surface area contributed by atoms with Crippen molar-refractivity contribution >= 4 is 0 Å². The van der Waals surface area contributed by atoms with Crippen molar-refractivity contribution in [3.8, 4) is 0 Å². The number of hydrogen-bond acceptors (Lipinski definition) is 3. The molecular formula is C15H30N2O. The van der Waals surface area contributed by atoms with Gasteiger partial charge in [0.15, 0.2) is 0 Å². The van der Waals surface area contributed by atoms with Crippen LogP contribution in [-0.2, 0) is 4.74 Å². The molecule has 106 valence electrons. The van der Waals surface area contributed by atoms with Gasteiger partial charge in [-0.15, -0.1) is 0 Å². The zero-order valence-electron chi connectivity index (χ0n) is 12.2. The zero-order chi connectivity index (χ0) is 13.0. The van der Waals surface area contributed by atoms with E-state index in [2.05, 4.69) is 18.7 Å². The van der Waals surface area contributed by atoms with Crippen molar-refractivity contribution in [3.05, 3.63) is 0 Å². The summed E-state index contributed by atoms with van der Waals surface area (Å²) in [5.74, 6) is 0.739. The summed E-state index contributed by atoms with van der Waals surface area (Å²) in [6.45, 7) is 9.54. The molecule has 1 saturated carbocycles. The molecule has 2 aliphatic rings. The molecule has 0 radical (unpaired) electrons. The van der Waals surface area contributed by atoms with Crippen molar-refractivity contribution in [2.75, 3.05) is 32.8 Å². The average molecular weight is 254 g/mol. The van der Waals surface area contributed by atoms with Crippen molar-refractivity contribution in [2.24, 2.45) is 17.1 Å². The largest absolute Gasteiger partial charge is 0.381 e.